The maximum absolute atomic E-state index is 12.5. The number of thioether (sulfide) groups is 1. The van der Waals surface area contributed by atoms with E-state index in [1.165, 1.54) is 6.42 Å². The van der Waals surface area contributed by atoms with Gasteiger partial charge in [0.15, 0.2) is 5.58 Å². The highest BCUT2D eigenvalue weighted by atomic mass is 32.2. The van der Waals surface area contributed by atoms with Crippen molar-refractivity contribution in [2.45, 2.75) is 24.6 Å². The van der Waals surface area contributed by atoms with Crippen LogP contribution in [0.25, 0.3) is 11.1 Å². The van der Waals surface area contributed by atoms with Gasteiger partial charge in [0.1, 0.15) is 16.6 Å². The molecule has 3 aromatic rings. The molecule has 3 aliphatic rings. The van der Waals surface area contributed by atoms with E-state index in [9.17, 15) is 4.79 Å². The molecule has 2 aromatic heterocycles. The molecule has 178 valence electrons. The number of fused-ring (bicyclic) bond motifs is 1. The topological polar surface area (TPSA) is 117 Å². The van der Waals surface area contributed by atoms with Crippen molar-refractivity contribution >= 4 is 46.2 Å². The zero-order chi connectivity index (χ0) is 23.1. The molecule has 6 rings (SSSR count). The number of carbonyl (C=O) groups is 1. The Hall–Kier alpha value is -3.18. The van der Waals surface area contributed by atoms with Crippen molar-refractivity contribution in [3.8, 4) is 0 Å². The van der Waals surface area contributed by atoms with Crippen molar-refractivity contribution in [1.29, 1.82) is 0 Å². The van der Waals surface area contributed by atoms with Crippen LogP contribution in [0.15, 0.2) is 40.0 Å². The second-order valence-electron chi connectivity index (χ2n) is 8.71. The first-order chi connectivity index (χ1) is 16.7. The second kappa shape index (κ2) is 8.88. The molecule has 0 radical (unpaired) electrons. The summed E-state index contributed by atoms with van der Waals surface area (Å²) in [7, 11) is 0. The highest BCUT2D eigenvalue weighted by molar-refractivity contribution is 8.02. The summed E-state index contributed by atoms with van der Waals surface area (Å²) in [6.45, 7) is 4.73. The number of rotatable bonds is 5. The third-order valence-corrected chi connectivity index (χ3v) is 7.67. The Balaban J connectivity index is 1.49. The van der Waals surface area contributed by atoms with E-state index in [0.717, 1.165) is 61.5 Å². The molecule has 1 aromatic carbocycles. The number of morpholine rings is 1. The van der Waals surface area contributed by atoms with Crippen molar-refractivity contribution in [2.24, 2.45) is 5.73 Å². The first-order valence-corrected chi connectivity index (χ1v) is 12.6. The fraction of sp³-hybridized carbons (Fsp3) is 0.435. The quantitative estimate of drug-likeness (QED) is 0.567. The Morgan fingerprint density at radius 3 is 2.65 bits per heavy atom. The van der Waals surface area contributed by atoms with Crippen molar-refractivity contribution in [3.05, 3.63) is 41.2 Å². The Morgan fingerprint density at radius 2 is 1.91 bits per heavy atom. The van der Waals surface area contributed by atoms with Crippen LogP contribution in [0.2, 0.25) is 0 Å². The average Bonchev–Trinajstić information content (AvgIpc) is 3.63. The van der Waals surface area contributed by atoms with Gasteiger partial charge in [-0.3, -0.25) is 9.89 Å². The van der Waals surface area contributed by atoms with E-state index in [4.69, 9.17) is 19.9 Å². The molecular weight excluding hydrogens is 454 g/mol. The minimum absolute atomic E-state index is 0.163. The summed E-state index contributed by atoms with van der Waals surface area (Å²) in [5.74, 6) is -0.463. The third-order valence-electron chi connectivity index (χ3n) is 6.57. The minimum Gasteiger partial charge on any atom is -0.423 e. The molecule has 3 aliphatic heterocycles. The van der Waals surface area contributed by atoms with Crippen LogP contribution in [0.4, 0.5) is 17.4 Å². The van der Waals surface area contributed by atoms with Crippen LogP contribution in [0.1, 0.15) is 30.2 Å². The van der Waals surface area contributed by atoms with Crippen LogP contribution < -0.4 is 20.4 Å². The lowest BCUT2D eigenvalue weighted by molar-refractivity contribution is -0.114. The number of H-pyrrole nitrogens is 1. The SMILES string of the molecule is NC(=O)C1=CSC(c2cn[nH]c2)N1c1cc2oc(N3CCOCC3)nc2cc1N1CCCCC1. The molecule has 2 saturated heterocycles. The van der Waals surface area contributed by atoms with E-state index >= 15 is 0 Å². The summed E-state index contributed by atoms with van der Waals surface area (Å²) < 4.78 is 11.7. The summed E-state index contributed by atoms with van der Waals surface area (Å²) >= 11 is 1.54. The molecule has 3 N–H and O–H groups in total. The van der Waals surface area contributed by atoms with E-state index < -0.39 is 5.91 Å². The molecule has 5 heterocycles. The predicted molar refractivity (Wildman–Crippen MR) is 132 cm³/mol. The fourth-order valence-electron chi connectivity index (χ4n) is 4.84. The lowest BCUT2D eigenvalue weighted by atomic mass is 10.1. The lowest BCUT2D eigenvalue weighted by Crippen LogP contribution is -2.36. The number of hydrogen-bond donors (Lipinski definition) is 2. The van der Waals surface area contributed by atoms with E-state index in [1.54, 1.807) is 18.0 Å². The van der Waals surface area contributed by atoms with Gasteiger partial charge < -0.3 is 29.6 Å². The summed E-state index contributed by atoms with van der Waals surface area (Å²) in [6, 6.07) is 4.71. The van der Waals surface area contributed by atoms with E-state index in [-0.39, 0.29) is 5.37 Å². The van der Waals surface area contributed by atoms with Crippen LogP contribution in [-0.2, 0) is 9.53 Å². The number of aromatic nitrogens is 3. The van der Waals surface area contributed by atoms with E-state index in [2.05, 4.69) is 26.1 Å². The zero-order valence-corrected chi connectivity index (χ0v) is 19.6. The number of aromatic amines is 1. The number of amides is 1. The smallest absolute Gasteiger partial charge is 0.298 e. The fourth-order valence-corrected chi connectivity index (χ4v) is 5.96. The number of nitrogens with one attached hydrogen (secondary N) is 1. The molecule has 0 aliphatic carbocycles. The summed E-state index contributed by atoms with van der Waals surface area (Å²) in [6.07, 6.45) is 7.13. The molecule has 0 spiro atoms. The standard InChI is InChI=1S/C23H27N7O3S/c24-21(31)19-14-34-22(15-12-25-26-13-15)30(19)18-11-20-16(10-17(18)28-4-2-1-3-5-28)27-23(33-20)29-6-8-32-9-7-29/h10-14,22H,1-9H2,(H2,24,31)(H,25,26). The average molecular weight is 482 g/mol. The van der Waals surface area contributed by atoms with Crippen LogP contribution in [-0.4, -0.2) is 60.5 Å². The number of carbonyl (C=O) groups excluding carboxylic acids is 1. The molecule has 1 amide bonds. The number of ether oxygens (including phenoxy) is 1. The van der Waals surface area contributed by atoms with E-state index in [0.29, 0.717) is 30.5 Å². The van der Waals surface area contributed by atoms with Gasteiger partial charge in [0.25, 0.3) is 11.9 Å². The van der Waals surface area contributed by atoms with Gasteiger partial charge in [-0.05, 0) is 25.3 Å². The van der Waals surface area contributed by atoms with Crippen LogP contribution in [0.5, 0.6) is 0 Å². The first-order valence-electron chi connectivity index (χ1n) is 11.6. The van der Waals surface area contributed by atoms with Gasteiger partial charge in [-0.2, -0.15) is 10.1 Å². The number of hydrogen-bond acceptors (Lipinski definition) is 9. The Morgan fingerprint density at radius 1 is 1.09 bits per heavy atom. The number of piperidine rings is 1. The van der Waals surface area contributed by atoms with Crippen LogP contribution in [0.3, 0.4) is 0 Å². The number of benzene rings is 1. The highest BCUT2D eigenvalue weighted by Crippen LogP contribution is 2.49. The number of primary amides is 1. The van der Waals surface area contributed by atoms with Crippen molar-refractivity contribution in [2.75, 3.05) is 54.1 Å². The normalized spacial score (nSPS) is 21.4. The summed E-state index contributed by atoms with van der Waals surface area (Å²) in [4.78, 5) is 23.8. The van der Waals surface area contributed by atoms with Gasteiger partial charge in [-0.15, -0.1) is 11.8 Å². The van der Waals surface area contributed by atoms with Crippen molar-refractivity contribution in [1.82, 2.24) is 15.2 Å². The Kier molecular flexibility index (Phi) is 5.58. The van der Waals surface area contributed by atoms with Gasteiger partial charge in [-0.25, -0.2) is 0 Å². The molecule has 11 heteroatoms. The van der Waals surface area contributed by atoms with Gasteiger partial charge >= 0.3 is 0 Å². The molecular formula is C23H27N7O3S. The third kappa shape index (κ3) is 3.78. The zero-order valence-electron chi connectivity index (χ0n) is 18.8. The van der Waals surface area contributed by atoms with Crippen LogP contribution in [0, 0.1) is 0 Å². The van der Waals surface area contributed by atoms with Gasteiger partial charge in [0.2, 0.25) is 0 Å². The molecule has 1 unspecified atom stereocenters. The Bertz CT molecular complexity index is 1210. The number of oxazole rings is 1. The van der Waals surface area contributed by atoms with Crippen molar-refractivity contribution in [3.63, 3.8) is 0 Å². The number of nitrogens with two attached hydrogens (primary N) is 1. The summed E-state index contributed by atoms with van der Waals surface area (Å²) in [5, 5.41) is 8.68. The highest BCUT2D eigenvalue weighted by Gasteiger charge is 2.36. The largest absolute Gasteiger partial charge is 0.423 e. The molecule has 0 bridgehead atoms. The van der Waals surface area contributed by atoms with Gasteiger partial charge in [0.05, 0.1) is 30.8 Å². The second-order valence-corrected chi connectivity index (χ2v) is 9.66. The van der Waals surface area contributed by atoms with Gasteiger partial charge in [0, 0.05) is 49.4 Å². The predicted octanol–water partition coefficient (Wildman–Crippen LogP) is 2.96. The van der Waals surface area contributed by atoms with E-state index in [1.807, 2.05) is 22.6 Å². The minimum atomic E-state index is -0.463. The maximum atomic E-state index is 12.5. The van der Waals surface area contributed by atoms with Crippen LogP contribution >= 0.6 is 11.8 Å². The summed E-state index contributed by atoms with van der Waals surface area (Å²) in [5.41, 5.74) is 10.7. The Labute approximate surface area is 201 Å². The van der Waals surface area contributed by atoms with Gasteiger partial charge in [-0.1, -0.05) is 0 Å². The molecule has 1 atom stereocenters. The molecule has 34 heavy (non-hydrogen) atoms. The number of anilines is 3. The molecule has 0 saturated carbocycles. The first kappa shape index (κ1) is 21.4. The van der Waals surface area contributed by atoms with Crippen molar-refractivity contribution < 1.29 is 13.9 Å². The monoisotopic (exact) mass is 481 g/mol. The lowest BCUT2D eigenvalue weighted by Gasteiger charge is -2.35. The molecule has 2 fully saturated rings. The maximum Gasteiger partial charge on any atom is 0.298 e. The molecule has 10 nitrogen and oxygen atoms in total. The number of nitrogens with zero attached hydrogens (tertiary/aromatic N) is 5.